The van der Waals surface area contributed by atoms with Gasteiger partial charge in [0.2, 0.25) is 0 Å². The third kappa shape index (κ3) is 4.70. The maximum Gasteiger partial charge on any atom is 0.191 e. The molecule has 0 N–H and O–H groups in total. The minimum Gasteiger partial charge on any atom is -0.493 e. The smallest absolute Gasteiger partial charge is 0.191 e. The Hall–Kier alpha value is -1.24. The second-order valence-electron chi connectivity index (χ2n) is 3.95. The summed E-state index contributed by atoms with van der Waals surface area (Å²) in [4.78, 5) is 0. The number of benzene rings is 1. The molecule has 0 saturated carbocycles. The molecule has 0 aliphatic carbocycles. The number of rotatable bonds is 8. The van der Waals surface area contributed by atoms with Crippen LogP contribution in [0, 0.1) is 0 Å². The minimum atomic E-state index is 0.601. The Bertz CT molecular complexity index is 519. The largest absolute Gasteiger partial charge is 0.493 e. The average molecular weight is 314 g/mol. The number of hydrogen-bond donors (Lipinski definition) is 0. The SMILES string of the molecule is COCCn1cnnc1SCCOc1ccc(Cl)cc1. The van der Waals surface area contributed by atoms with Gasteiger partial charge in [0.1, 0.15) is 12.1 Å². The Balaban J connectivity index is 1.73. The topological polar surface area (TPSA) is 49.2 Å². The van der Waals surface area contributed by atoms with Crippen molar-refractivity contribution in [2.75, 3.05) is 26.1 Å². The quantitative estimate of drug-likeness (QED) is 0.554. The van der Waals surface area contributed by atoms with Crippen molar-refractivity contribution in [2.45, 2.75) is 11.7 Å². The number of thioether (sulfide) groups is 1. The molecule has 0 unspecified atom stereocenters. The maximum absolute atomic E-state index is 5.81. The van der Waals surface area contributed by atoms with E-state index in [1.54, 1.807) is 25.2 Å². The predicted octanol–water partition coefficient (Wildman–Crippen LogP) is 2.75. The van der Waals surface area contributed by atoms with Crippen LogP contribution in [0.3, 0.4) is 0 Å². The van der Waals surface area contributed by atoms with Gasteiger partial charge in [-0.1, -0.05) is 23.4 Å². The van der Waals surface area contributed by atoms with Gasteiger partial charge < -0.3 is 14.0 Å². The predicted molar refractivity (Wildman–Crippen MR) is 79.6 cm³/mol. The molecule has 1 heterocycles. The van der Waals surface area contributed by atoms with Crippen LogP contribution >= 0.6 is 23.4 Å². The zero-order valence-corrected chi connectivity index (χ0v) is 12.7. The first-order valence-corrected chi connectivity index (χ1v) is 7.54. The van der Waals surface area contributed by atoms with Crippen LogP contribution in [-0.4, -0.2) is 40.8 Å². The van der Waals surface area contributed by atoms with Crippen LogP contribution in [-0.2, 0) is 11.3 Å². The van der Waals surface area contributed by atoms with Gasteiger partial charge >= 0.3 is 0 Å². The summed E-state index contributed by atoms with van der Waals surface area (Å²) in [6, 6.07) is 7.33. The molecule has 0 spiro atoms. The van der Waals surface area contributed by atoms with Gasteiger partial charge in [0, 0.05) is 24.4 Å². The molecule has 1 aromatic carbocycles. The first-order valence-electron chi connectivity index (χ1n) is 6.17. The van der Waals surface area contributed by atoms with Gasteiger partial charge in [-0.25, -0.2) is 0 Å². The van der Waals surface area contributed by atoms with Crippen LogP contribution < -0.4 is 4.74 Å². The van der Waals surface area contributed by atoms with Crippen LogP contribution in [0.2, 0.25) is 5.02 Å². The van der Waals surface area contributed by atoms with E-state index in [4.69, 9.17) is 21.1 Å². The van der Waals surface area contributed by atoms with E-state index in [1.165, 1.54) is 0 Å². The van der Waals surface area contributed by atoms with E-state index >= 15 is 0 Å². The normalized spacial score (nSPS) is 10.7. The lowest BCUT2D eigenvalue weighted by molar-refractivity contribution is 0.184. The summed E-state index contributed by atoms with van der Waals surface area (Å²) in [5, 5.41) is 9.56. The van der Waals surface area contributed by atoms with Gasteiger partial charge in [-0.05, 0) is 24.3 Å². The second-order valence-corrected chi connectivity index (χ2v) is 5.45. The fourth-order valence-electron chi connectivity index (χ4n) is 1.52. The summed E-state index contributed by atoms with van der Waals surface area (Å²) >= 11 is 7.42. The fraction of sp³-hybridized carbons (Fsp3) is 0.385. The molecule has 0 aliphatic rings. The lowest BCUT2D eigenvalue weighted by atomic mass is 10.3. The Morgan fingerprint density at radius 2 is 2.05 bits per heavy atom. The summed E-state index contributed by atoms with van der Waals surface area (Å²) in [5.74, 6) is 1.62. The monoisotopic (exact) mass is 313 g/mol. The molecule has 0 radical (unpaired) electrons. The number of hydrogen-bond acceptors (Lipinski definition) is 5. The van der Waals surface area contributed by atoms with Crippen molar-refractivity contribution in [3.05, 3.63) is 35.6 Å². The Labute approximate surface area is 127 Å². The molecule has 0 fully saturated rings. The number of ether oxygens (including phenoxy) is 2. The van der Waals surface area contributed by atoms with E-state index in [1.807, 2.05) is 28.8 Å². The summed E-state index contributed by atoms with van der Waals surface area (Å²) in [6.07, 6.45) is 1.71. The molecule has 5 nitrogen and oxygen atoms in total. The van der Waals surface area contributed by atoms with Crippen molar-refractivity contribution in [3.63, 3.8) is 0 Å². The average Bonchev–Trinajstić information content (AvgIpc) is 2.91. The van der Waals surface area contributed by atoms with Crippen molar-refractivity contribution in [2.24, 2.45) is 0 Å². The van der Waals surface area contributed by atoms with Crippen LogP contribution in [0.5, 0.6) is 5.75 Å². The van der Waals surface area contributed by atoms with Crippen molar-refractivity contribution in [3.8, 4) is 5.75 Å². The third-order valence-electron chi connectivity index (χ3n) is 2.51. The molecule has 0 amide bonds. The molecule has 1 aromatic heterocycles. The number of halogens is 1. The minimum absolute atomic E-state index is 0.601. The van der Waals surface area contributed by atoms with Gasteiger partial charge in [-0.15, -0.1) is 10.2 Å². The lowest BCUT2D eigenvalue weighted by Gasteiger charge is -2.07. The molecule has 2 rings (SSSR count). The van der Waals surface area contributed by atoms with E-state index in [-0.39, 0.29) is 0 Å². The van der Waals surface area contributed by atoms with Crippen LogP contribution in [0.4, 0.5) is 0 Å². The highest BCUT2D eigenvalue weighted by Crippen LogP contribution is 2.17. The van der Waals surface area contributed by atoms with E-state index in [0.717, 1.165) is 23.2 Å². The highest BCUT2D eigenvalue weighted by Gasteiger charge is 2.04. The Kier molecular flexibility index (Phi) is 6.17. The van der Waals surface area contributed by atoms with Crippen LogP contribution in [0.25, 0.3) is 0 Å². The first kappa shape index (κ1) is 15.2. The zero-order valence-electron chi connectivity index (χ0n) is 11.2. The lowest BCUT2D eigenvalue weighted by Crippen LogP contribution is -2.06. The Morgan fingerprint density at radius 3 is 2.80 bits per heavy atom. The van der Waals surface area contributed by atoms with Gasteiger partial charge in [0.25, 0.3) is 0 Å². The molecule has 20 heavy (non-hydrogen) atoms. The van der Waals surface area contributed by atoms with Crippen molar-refractivity contribution in [1.82, 2.24) is 14.8 Å². The van der Waals surface area contributed by atoms with Crippen LogP contribution in [0.1, 0.15) is 0 Å². The summed E-state index contributed by atoms with van der Waals surface area (Å²) in [5.41, 5.74) is 0. The maximum atomic E-state index is 5.81. The highest BCUT2D eigenvalue weighted by molar-refractivity contribution is 7.99. The standard InChI is InChI=1S/C13H16ClN3O2S/c1-18-7-6-17-10-15-16-13(17)20-9-8-19-12-4-2-11(14)3-5-12/h2-5,10H,6-9H2,1H3. The summed E-state index contributed by atoms with van der Waals surface area (Å²) in [6.45, 7) is 2.00. The molecule has 0 saturated heterocycles. The highest BCUT2D eigenvalue weighted by atomic mass is 35.5. The van der Waals surface area contributed by atoms with Gasteiger partial charge in [0.05, 0.1) is 13.2 Å². The summed E-state index contributed by atoms with van der Waals surface area (Å²) in [7, 11) is 1.68. The van der Waals surface area contributed by atoms with Gasteiger partial charge in [-0.3, -0.25) is 0 Å². The molecule has 7 heteroatoms. The Morgan fingerprint density at radius 1 is 1.25 bits per heavy atom. The third-order valence-corrected chi connectivity index (χ3v) is 3.71. The number of nitrogens with zero attached hydrogens (tertiary/aromatic N) is 3. The van der Waals surface area contributed by atoms with Gasteiger partial charge in [-0.2, -0.15) is 0 Å². The molecule has 0 bridgehead atoms. The molecule has 0 aliphatic heterocycles. The fourth-order valence-corrected chi connectivity index (χ4v) is 2.41. The molecule has 108 valence electrons. The van der Waals surface area contributed by atoms with Gasteiger partial charge in [0.15, 0.2) is 5.16 Å². The first-order chi connectivity index (χ1) is 9.79. The van der Waals surface area contributed by atoms with Crippen molar-refractivity contribution in [1.29, 1.82) is 0 Å². The van der Waals surface area contributed by atoms with Crippen molar-refractivity contribution >= 4 is 23.4 Å². The number of methoxy groups -OCH3 is 1. The molecule has 0 atom stereocenters. The van der Waals surface area contributed by atoms with Crippen LogP contribution in [0.15, 0.2) is 35.7 Å². The molecule has 2 aromatic rings. The summed E-state index contributed by atoms with van der Waals surface area (Å²) < 4.78 is 12.6. The molecular weight excluding hydrogens is 298 g/mol. The van der Waals surface area contributed by atoms with E-state index < -0.39 is 0 Å². The van der Waals surface area contributed by atoms with E-state index in [2.05, 4.69) is 10.2 Å². The van der Waals surface area contributed by atoms with Crippen molar-refractivity contribution < 1.29 is 9.47 Å². The second kappa shape index (κ2) is 8.14. The van der Waals surface area contributed by atoms with E-state index in [0.29, 0.717) is 18.2 Å². The number of aromatic nitrogens is 3. The molecular formula is C13H16ClN3O2S. The zero-order chi connectivity index (χ0) is 14.2. The van der Waals surface area contributed by atoms with E-state index in [9.17, 15) is 0 Å².